The highest BCUT2D eigenvalue weighted by Crippen LogP contribution is 2.32. The van der Waals surface area contributed by atoms with Gasteiger partial charge < -0.3 is 10.4 Å². The molecule has 78 valence electrons. The Balaban J connectivity index is 1.77. The van der Waals surface area contributed by atoms with Crippen LogP contribution in [0.1, 0.15) is 38.5 Å². The zero-order valence-corrected chi connectivity index (χ0v) is 8.50. The molecule has 0 bridgehead atoms. The minimum Gasteiger partial charge on any atom is -0.389 e. The zero-order valence-electron chi connectivity index (χ0n) is 8.50. The van der Waals surface area contributed by atoms with Crippen molar-refractivity contribution >= 4 is 0 Å². The average Bonchev–Trinajstić information content (AvgIpc) is 2.58. The highest BCUT2D eigenvalue weighted by Gasteiger charge is 2.36. The summed E-state index contributed by atoms with van der Waals surface area (Å²) in [5.41, 5.74) is -0.456. The van der Waals surface area contributed by atoms with Gasteiger partial charge in [0.1, 0.15) is 0 Å². The van der Waals surface area contributed by atoms with Crippen LogP contribution in [0, 0.1) is 17.2 Å². The third-order valence-electron chi connectivity index (χ3n) is 3.66. The van der Waals surface area contributed by atoms with Crippen LogP contribution in [0.15, 0.2) is 0 Å². The monoisotopic (exact) mass is 194 g/mol. The van der Waals surface area contributed by atoms with Crippen molar-refractivity contribution in [2.24, 2.45) is 5.92 Å². The molecular formula is C11H18N2O. The molecule has 2 N–H and O–H groups in total. The number of nitrogens with zero attached hydrogens (tertiary/aromatic N) is 1. The van der Waals surface area contributed by atoms with E-state index < -0.39 is 5.60 Å². The van der Waals surface area contributed by atoms with Gasteiger partial charge in [-0.3, -0.25) is 0 Å². The molecule has 3 nitrogen and oxygen atoms in total. The van der Waals surface area contributed by atoms with Gasteiger partial charge in [-0.15, -0.1) is 0 Å². The summed E-state index contributed by atoms with van der Waals surface area (Å²) < 4.78 is 0. The number of hydrogen-bond acceptors (Lipinski definition) is 3. The van der Waals surface area contributed by atoms with E-state index in [1.807, 2.05) is 0 Å². The second-order valence-corrected chi connectivity index (χ2v) is 4.73. The Kier molecular flexibility index (Phi) is 2.76. The predicted molar refractivity (Wildman–Crippen MR) is 53.5 cm³/mol. The molecule has 0 saturated heterocycles. The normalized spacial score (nSPS) is 34.9. The van der Waals surface area contributed by atoms with E-state index in [4.69, 9.17) is 5.26 Å². The lowest BCUT2D eigenvalue weighted by molar-refractivity contribution is -0.0335. The minimum absolute atomic E-state index is 0.165. The van der Waals surface area contributed by atoms with E-state index in [2.05, 4.69) is 11.4 Å². The first-order chi connectivity index (χ1) is 6.73. The first-order valence-corrected chi connectivity index (χ1v) is 5.59. The summed E-state index contributed by atoms with van der Waals surface area (Å²) in [6, 6.07) is 2.67. The lowest BCUT2D eigenvalue weighted by Gasteiger charge is -2.37. The summed E-state index contributed by atoms with van der Waals surface area (Å²) in [4.78, 5) is 0. The largest absolute Gasteiger partial charge is 0.389 e. The van der Waals surface area contributed by atoms with E-state index in [0.717, 1.165) is 38.5 Å². The van der Waals surface area contributed by atoms with Crippen molar-refractivity contribution in [3.63, 3.8) is 0 Å². The smallest absolute Gasteiger partial charge is 0.0771 e. The van der Waals surface area contributed by atoms with E-state index >= 15 is 0 Å². The van der Waals surface area contributed by atoms with Gasteiger partial charge in [0.05, 0.1) is 17.6 Å². The standard InChI is InChI=1S/C11H18N2O/c12-7-9-3-1-4-10(9)13-8-11(14)5-2-6-11/h9-10,13-14H,1-6,8H2. The summed E-state index contributed by atoms with van der Waals surface area (Å²) in [5.74, 6) is 0.165. The van der Waals surface area contributed by atoms with Crippen LogP contribution in [-0.2, 0) is 0 Å². The van der Waals surface area contributed by atoms with Crippen molar-refractivity contribution in [1.29, 1.82) is 5.26 Å². The molecule has 0 aromatic heterocycles. The molecule has 0 radical (unpaired) electrons. The van der Waals surface area contributed by atoms with Gasteiger partial charge in [-0.1, -0.05) is 6.42 Å². The van der Waals surface area contributed by atoms with Crippen LogP contribution in [-0.4, -0.2) is 23.3 Å². The van der Waals surface area contributed by atoms with Crippen LogP contribution in [0.25, 0.3) is 0 Å². The number of hydrogen-bond donors (Lipinski definition) is 2. The molecule has 0 aromatic rings. The topological polar surface area (TPSA) is 56.0 Å². The van der Waals surface area contributed by atoms with E-state index in [-0.39, 0.29) is 5.92 Å². The summed E-state index contributed by atoms with van der Waals surface area (Å²) in [5, 5.41) is 22.1. The molecular weight excluding hydrogens is 176 g/mol. The Morgan fingerprint density at radius 3 is 2.71 bits per heavy atom. The Morgan fingerprint density at radius 1 is 1.36 bits per heavy atom. The molecule has 2 saturated carbocycles. The van der Waals surface area contributed by atoms with Crippen molar-refractivity contribution in [3.8, 4) is 6.07 Å². The molecule has 2 aliphatic carbocycles. The van der Waals surface area contributed by atoms with Gasteiger partial charge in [0.15, 0.2) is 0 Å². The van der Waals surface area contributed by atoms with Crippen LogP contribution < -0.4 is 5.32 Å². The predicted octanol–water partition coefficient (Wildman–Crippen LogP) is 1.18. The molecule has 2 atom stereocenters. The minimum atomic E-state index is -0.456. The molecule has 0 aromatic carbocycles. The summed E-state index contributed by atoms with van der Waals surface area (Å²) in [6.45, 7) is 0.676. The fraction of sp³-hybridized carbons (Fsp3) is 0.909. The molecule has 2 aliphatic rings. The number of rotatable bonds is 3. The SMILES string of the molecule is N#CC1CCCC1NCC1(O)CCC1. The molecule has 0 aliphatic heterocycles. The van der Waals surface area contributed by atoms with Crippen LogP contribution in [0.4, 0.5) is 0 Å². The lowest BCUT2D eigenvalue weighted by Crippen LogP contribution is -2.49. The molecule has 3 heteroatoms. The van der Waals surface area contributed by atoms with Crippen molar-refractivity contribution in [2.45, 2.75) is 50.2 Å². The van der Waals surface area contributed by atoms with Crippen molar-refractivity contribution in [2.75, 3.05) is 6.54 Å². The van der Waals surface area contributed by atoms with E-state index in [1.165, 1.54) is 0 Å². The quantitative estimate of drug-likeness (QED) is 0.709. The zero-order chi connectivity index (χ0) is 10.0. The van der Waals surface area contributed by atoms with Gasteiger partial charge in [-0.25, -0.2) is 0 Å². The van der Waals surface area contributed by atoms with E-state index in [1.54, 1.807) is 0 Å². The maximum atomic E-state index is 9.88. The van der Waals surface area contributed by atoms with E-state index in [0.29, 0.717) is 12.6 Å². The van der Waals surface area contributed by atoms with Crippen LogP contribution in [0.3, 0.4) is 0 Å². The number of nitrogens with one attached hydrogen (secondary N) is 1. The Bertz CT molecular complexity index is 242. The molecule has 14 heavy (non-hydrogen) atoms. The molecule has 2 rings (SSSR count). The Morgan fingerprint density at radius 2 is 2.14 bits per heavy atom. The van der Waals surface area contributed by atoms with Gasteiger partial charge in [-0.05, 0) is 32.1 Å². The van der Waals surface area contributed by atoms with Crippen molar-refractivity contribution in [3.05, 3.63) is 0 Å². The first-order valence-electron chi connectivity index (χ1n) is 5.59. The molecule has 0 spiro atoms. The number of aliphatic hydroxyl groups is 1. The average molecular weight is 194 g/mol. The maximum Gasteiger partial charge on any atom is 0.0771 e. The van der Waals surface area contributed by atoms with Crippen LogP contribution in [0.2, 0.25) is 0 Å². The third kappa shape index (κ3) is 1.92. The lowest BCUT2D eigenvalue weighted by atomic mass is 9.80. The van der Waals surface area contributed by atoms with Crippen LogP contribution >= 0.6 is 0 Å². The van der Waals surface area contributed by atoms with Gasteiger partial charge in [0.25, 0.3) is 0 Å². The second kappa shape index (κ2) is 3.88. The highest BCUT2D eigenvalue weighted by atomic mass is 16.3. The summed E-state index contributed by atoms with van der Waals surface area (Å²) in [6.07, 6.45) is 6.24. The second-order valence-electron chi connectivity index (χ2n) is 4.73. The van der Waals surface area contributed by atoms with Gasteiger partial charge >= 0.3 is 0 Å². The van der Waals surface area contributed by atoms with Gasteiger partial charge in [0.2, 0.25) is 0 Å². The van der Waals surface area contributed by atoms with Gasteiger partial charge in [-0.2, -0.15) is 5.26 Å². The molecule has 0 heterocycles. The Hall–Kier alpha value is -0.590. The van der Waals surface area contributed by atoms with Crippen molar-refractivity contribution in [1.82, 2.24) is 5.32 Å². The first kappa shape index (κ1) is 9.95. The maximum absolute atomic E-state index is 9.88. The number of nitriles is 1. The fourth-order valence-electron chi connectivity index (χ4n) is 2.44. The van der Waals surface area contributed by atoms with Gasteiger partial charge in [0, 0.05) is 12.6 Å². The third-order valence-corrected chi connectivity index (χ3v) is 3.66. The fourth-order valence-corrected chi connectivity index (χ4v) is 2.44. The molecule has 2 fully saturated rings. The molecule has 0 amide bonds. The summed E-state index contributed by atoms with van der Waals surface area (Å²) in [7, 11) is 0. The van der Waals surface area contributed by atoms with Crippen LogP contribution in [0.5, 0.6) is 0 Å². The highest BCUT2D eigenvalue weighted by molar-refractivity contribution is 4.98. The van der Waals surface area contributed by atoms with E-state index in [9.17, 15) is 5.11 Å². The van der Waals surface area contributed by atoms with Crippen molar-refractivity contribution < 1.29 is 5.11 Å². The summed E-state index contributed by atoms with van der Waals surface area (Å²) >= 11 is 0. The Labute approximate surface area is 85.1 Å². The molecule has 2 unspecified atom stereocenters.